The van der Waals surface area contributed by atoms with E-state index in [0.29, 0.717) is 40.4 Å². The van der Waals surface area contributed by atoms with Gasteiger partial charge in [0.1, 0.15) is 5.65 Å². The summed E-state index contributed by atoms with van der Waals surface area (Å²) in [5.74, 6) is 1.80. The molecule has 4 aromatic rings. The van der Waals surface area contributed by atoms with Gasteiger partial charge in [0.15, 0.2) is 10.9 Å². The largest absolute Gasteiger partial charge is 0.461 e. The molecule has 27 heavy (non-hydrogen) atoms. The maximum absolute atomic E-state index is 12.4. The highest BCUT2D eigenvalue weighted by molar-refractivity contribution is 7.98. The van der Waals surface area contributed by atoms with Crippen LogP contribution in [0.4, 0.5) is 0 Å². The lowest BCUT2D eigenvalue weighted by atomic mass is 10.3. The molecule has 0 aliphatic carbocycles. The first kappa shape index (κ1) is 17.3. The van der Waals surface area contributed by atoms with E-state index in [-0.39, 0.29) is 5.56 Å². The number of furan rings is 1. The minimum atomic E-state index is -0.0856. The van der Waals surface area contributed by atoms with Gasteiger partial charge in [-0.1, -0.05) is 23.9 Å². The molecule has 0 N–H and O–H groups in total. The summed E-state index contributed by atoms with van der Waals surface area (Å²) in [6.45, 7) is 6.24. The number of rotatable bonds is 6. The molecule has 0 aliphatic rings. The van der Waals surface area contributed by atoms with E-state index in [2.05, 4.69) is 21.8 Å². The van der Waals surface area contributed by atoms with Gasteiger partial charge in [-0.2, -0.15) is 0 Å². The van der Waals surface area contributed by atoms with Crippen LogP contribution in [0, 0.1) is 6.92 Å². The summed E-state index contributed by atoms with van der Waals surface area (Å²) in [5, 5.41) is 9.21. The molecule has 0 atom stereocenters. The molecule has 0 saturated heterocycles. The number of nitrogens with zero attached hydrogens (tertiary/aromatic N) is 5. The van der Waals surface area contributed by atoms with E-state index in [4.69, 9.17) is 4.42 Å². The van der Waals surface area contributed by atoms with Gasteiger partial charge in [-0.15, -0.1) is 16.8 Å². The van der Waals surface area contributed by atoms with Crippen LogP contribution < -0.4 is 5.56 Å². The van der Waals surface area contributed by atoms with Gasteiger partial charge in [0.05, 0.1) is 12.0 Å². The van der Waals surface area contributed by atoms with Crippen LogP contribution in [0.25, 0.3) is 17.2 Å². The third-order valence-corrected chi connectivity index (χ3v) is 5.05. The van der Waals surface area contributed by atoms with E-state index in [9.17, 15) is 4.79 Å². The Morgan fingerprint density at radius 3 is 2.93 bits per heavy atom. The topological polar surface area (TPSA) is 78.2 Å². The molecule has 136 valence electrons. The summed E-state index contributed by atoms with van der Waals surface area (Å²) in [5.41, 5.74) is 2.11. The van der Waals surface area contributed by atoms with Gasteiger partial charge in [-0.05, 0) is 31.2 Å². The number of pyridine rings is 1. The minimum absolute atomic E-state index is 0.0856. The van der Waals surface area contributed by atoms with Crippen LogP contribution in [0.5, 0.6) is 0 Å². The number of aryl methyl sites for hydroxylation is 1. The van der Waals surface area contributed by atoms with Crippen molar-refractivity contribution in [1.82, 2.24) is 24.1 Å². The zero-order valence-corrected chi connectivity index (χ0v) is 15.5. The molecule has 0 bridgehead atoms. The van der Waals surface area contributed by atoms with E-state index < -0.39 is 0 Å². The van der Waals surface area contributed by atoms with Crippen molar-refractivity contribution in [1.29, 1.82) is 0 Å². The van der Waals surface area contributed by atoms with Crippen LogP contribution >= 0.6 is 11.8 Å². The predicted octanol–water partition coefficient (Wildman–Crippen LogP) is 3.33. The third-order valence-electron chi connectivity index (χ3n) is 4.05. The molecule has 8 heteroatoms. The Morgan fingerprint density at radius 1 is 1.26 bits per heavy atom. The Bertz CT molecular complexity index is 1160. The Morgan fingerprint density at radius 2 is 2.15 bits per heavy atom. The quantitative estimate of drug-likeness (QED) is 0.378. The first-order chi connectivity index (χ1) is 13.2. The predicted molar refractivity (Wildman–Crippen MR) is 104 cm³/mol. The fourth-order valence-electron chi connectivity index (χ4n) is 2.85. The second-order valence-electron chi connectivity index (χ2n) is 5.92. The molecule has 4 heterocycles. The second kappa shape index (κ2) is 7.24. The maximum atomic E-state index is 12.4. The third kappa shape index (κ3) is 3.31. The van der Waals surface area contributed by atoms with Crippen LogP contribution in [0.1, 0.15) is 11.4 Å². The molecule has 7 nitrogen and oxygen atoms in total. The van der Waals surface area contributed by atoms with Gasteiger partial charge in [-0.25, -0.2) is 4.98 Å². The van der Waals surface area contributed by atoms with Crippen molar-refractivity contribution in [3.05, 3.63) is 77.1 Å². The standard InChI is InChI=1S/C19H17N5O2S/c1-3-9-23-18(15-7-5-10-26-15)21-22-19(23)27-12-14-11-17(25)24-13(2)6-4-8-16(24)20-14/h3-8,10-11H,1,9,12H2,2H3. The number of hydrogen-bond acceptors (Lipinski definition) is 6. The number of aromatic nitrogens is 5. The highest BCUT2D eigenvalue weighted by Crippen LogP contribution is 2.26. The zero-order valence-electron chi connectivity index (χ0n) is 14.7. The number of thioether (sulfide) groups is 1. The lowest BCUT2D eigenvalue weighted by Gasteiger charge is -2.07. The summed E-state index contributed by atoms with van der Waals surface area (Å²) in [6.07, 6.45) is 3.38. The van der Waals surface area contributed by atoms with Crippen molar-refractivity contribution in [3.63, 3.8) is 0 Å². The molecular weight excluding hydrogens is 362 g/mol. The van der Waals surface area contributed by atoms with Crippen LogP contribution in [-0.4, -0.2) is 24.1 Å². The Labute approximate surface area is 159 Å². The van der Waals surface area contributed by atoms with Crippen molar-refractivity contribution in [3.8, 4) is 11.6 Å². The van der Waals surface area contributed by atoms with Crippen molar-refractivity contribution >= 4 is 17.4 Å². The van der Waals surface area contributed by atoms with E-state index in [1.165, 1.54) is 11.8 Å². The van der Waals surface area contributed by atoms with Gasteiger partial charge in [0.2, 0.25) is 5.82 Å². The fourth-order valence-corrected chi connectivity index (χ4v) is 3.69. The summed E-state index contributed by atoms with van der Waals surface area (Å²) < 4.78 is 8.96. The Kier molecular flexibility index (Phi) is 4.64. The molecule has 0 saturated carbocycles. The van der Waals surface area contributed by atoms with E-state index in [1.54, 1.807) is 22.8 Å². The monoisotopic (exact) mass is 379 g/mol. The summed E-state index contributed by atoms with van der Waals surface area (Å²) in [7, 11) is 0. The lowest BCUT2D eigenvalue weighted by molar-refractivity contribution is 0.569. The smallest absolute Gasteiger partial charge is 0.258 e. The first-order valence-corrected chi connectivity index (χ1v) is 9.35. The zero-order chi connectivity index (χ0) is 18.8. The van der Waals surface area contributed by atoms with Crippen molar-refractivity contribution in [2.75, 3.05) is 0 Å². The summed E-state index contributed by atoms with van der Waals surface area (Å²) >= 11 is 1.47. The van der Waals surface area contributed by atoms with Gasteiger partial charge in [0, 0.05) is 24.1 Å². The van der Waals surface area contributed by atoms with E-state index in [1.807, 2.05) is 41.8 Å². The Balaban J connectivity index is 1.63. The fraction of sp³-hybridized carbons (Fsp3) is 0.158. The van der Waals surface area contributed by atoms with E-state index >= 15 is 0 Å². The molecule has 0 amide bonds. The first-order valence-electron chi connectivity index (χ1n) is 8.36. The van der Waals surface area contributed by atoms with Crippen molar-refractivity contribution in [2.24, 2.45) is 0 Å². The van der Waals surface area contributed by atoms with Crippen molar-refractivity contribution < 1.29 is 4.42 Å². The Hall–Kier alpha value is -3.13. The lowest BCUT2D eigenvalue weighted by Crippen LogP contribution is -2.17. The van der Waals surface area contributed by atoms with Crippen LogP contribution in [-0.2, 0) is 12.3 Å². The highest BCUT2D eigenvalue weighted by Gasteiger charge is 2.16. The van der Waals surface area contributed by atoms with Gasteiger partial charge >= 0.3 is 0 Å². The minimum Gasteiger partial charge on any atom is -0.461 e. The number of hydrogen-bond donors (Lipinski definition) is 0. The molecule has 0 radical (unpaired) electrons. The van der Waals surface area contributed by atoms with Crippen LogP contribution in [0.2, 0.25) is 0 Å². The summed E-state index contributed by atoms with van der Waals surface area (Å²) in [6, 6.07) is 10.8. The molecule has 0 unspecified atom stereocenters. The number of allylic oxidation sites excluding steroid dienone is 1. The maximum Gasteiger partial charge on any atom is 0.258 e. The average molecular weight is 379 g/mol. The molecule has 0 aromatic carbocycles. The van der Waals surface area contributed by atoms with E-state index in [0.717, 1.165) is 5.69 Å². The molecule has 0 aliphatic heterocycles. The molecule has 0 fully saturated rings. The molecular formula is C19H17N5O2S. The van der Waals surface area contributed by atoms with Crippen molar-refractivity contribution in [2.45, 2.75) is 24.4 Å². The van der Waals surface area contributed by atoms with Gasteiger partial charge in [-0.3, -0.25) is 13.8 Å². The second-order valence-corrected chi connectivity index (χ2v) is 6.86. The average Bonchev–Trinajstić information content (AvgIpc) is 3.30. The van der Waals surface area contributed by atoms with Crippen LogP contribution in [0.15, 0.2) is 69.7 Å². The molecule has 4 rings (SSSR count). The van der Waals surface area contributed by atoms with Gasteiger partial charge in [0.25, 0.3) is 5.56 Å². The highest BCUT2D eigenvalue weighted by atomic mass is 32.2. The van der Waals surface area contributed by atoms with Crippen LogP contribution in [0.3, 0.4) is 0 Å². The van der Waals surface area contributed by atoms with Gasteiger partial charge < -0.3 is 4.42 Å². The molecule has 4 aromatic heterocycles. The summed E-state index contributed by atoms with van der Waals surface area (Å²) in [4.78, 5) is 17.0. The normalized spacial score (nSPS) is 11.1. The molecule has 0 spiro atoms. The number of fused-ring (bicyclic) bond motifs is 1. The SMILES string of the molecule is C=CCn1c(SCc2cc(=O)n3c(C)cccc3n2)nnc1-c1ccco1.